The number of hydrogen-bond donors (Lipinski definition) is 0. The molecule has 2 aromatic carbocycles. The number of esters is 1. The molecule has 8 nitrogen and oxygen atoms in total. The predicted octanol–water partition coefficient (Wildman–Crippen LogP) is 5.77. The lowest BCUT2D eigenvalue weighted by Crippen LogP contribution is -2.54. The maximum absolute atomic E-state index is 14.0. The van der Waals surface area contributed by atoms with Crippen molar-refractivity contribution in [3.63, 3.8) is 0 Å². The van der Waals surface area contributed by atoms with E-state index in [0.717, 1.165) is 22.3 Å². The second kappa shape index (κ2) is 13.2. The molecule has 37 heavy (non-hydrogen) atoms. The van der Waals surface area contributed by atoms with Gasteiger partial charge in [-0.15, -0.1) is 0 Å². The summed E-state index contributed by atoms with van der Waals surface area (Å²) in [5.74, 6) is -0.365. The first-order valence-electron chi connectivity index (χ1n) is 12.9. The molecule has 0 bridgehead atoms. The van der Waals surface area contributed by atoms with E-state index in [1.54, 1.807) is 13.8 Å². The molecule has 0 saturated carbocycles. The quantitative estimate of drug-likeness (QED) is 0.271. The second-order valence-corrected chi connectivity index (χ2v) is 11.7. The van der Waals surface area contributed by atoms with E-state index in [2.05, 4.69) is 6.07 Å². The monoisotopic (exact) mass is 530 g/mol. The molecular weight excluding hydrogens is 491 g/mol. The Morgan fingerprint density at radius 3 is 2.35 bits per heavy atom. The van der Waals surface area contributed by atoms with E-state index in [1.807, 2.05) is 63.2 Å². The van der Waals surface area contributed by atoms with Gasteiger partial charge in [-0.05, 0) is 43.4 Å². The van der Waals surface area contributed by atoms with E-state index in [9.17, 15) is 14.2 Å². The first-order valence-corrected chi connectivity index (χ1v) is 14.6. The number of ether oxygens (including phenoxy) is 1. The highest BCUT2D eigenvalue weighted by atomic mass is 31.2. The Labute approximate surface area is 220 Å². The number of hydrogen-bond acceptors (Lipinski definition) is 6. The van der Waals surface area contributed by atoms with Crippen molar-refractivity contribution < 1.29 is 27.9 Å². The number of benzene rings is 2. The number of carbonyl (C=O) groups excluding carboxylic acids is 2. The highest BCUT2D eigenvalue weighted by molar-refractivity contribution is 7.53. The molecule has 2 aromatic rings. The van der Waals surface area contributed by atoms with Crippen LogP contribution in [0.4, 0.5) is 4.79 Å². The Balaban J connectivity index is 1.90. The van der Waals surface area contributed by atoms with Crippen molar-refractivity contribution >= 4 is 19.6 Å². The van der Waals surface area contributed by atoms with Crippen molar-refractivity contribution in [1.82, 2.24) is 9.80 Å². The van der Waals surface area contributed by atoms with E-state index in [1.165, 1.54) is 9.80 Å². The molecule has 0 unspecified atom stereocenters. The molecule has 9 heteroatoms. The van der Waals surface area contributed by atoms with Gasteiger partial charge in [-0.3, -0.25) is 4.57 Å². The zero-order valence-electron chi connectivity index (χ0n) is 22.5. The molecule has 202 valence electrons. The highest BCUT2D eigenvalue weighted by Gasteiger charge is 2.40. The van der Waals surface area contributed by atoms with Gasteiger partial charge in [0.15, 0.2) is 0 Å². The molecule has 0 aliphatic carbocycles. The fraction of sp³-hybridized carbons (Fsp3) is 0.500. The minimum atomic E-state index is -3.54. The van der Waals surface area contributed by atoms with E-state index in [4.69, 9.17) is 13.8 Å². The number of amides is 2. The smallest absolute Gasteiger partial charge is 0.349 e. The topological polar surface area (TPSA) is 85.4 Å². The van der Waals surface area contributed by atoms with Crippen LogP contribution < -0.4 is 0 Å². The minimum Gasteiger partial charge on any atom is -0.459 e. The maximum atomic E-state index is 14.0. The van der Waals surface area contributed by atoms with Gasteiger partial charge < -0.3 is 23.6 Å². The average molecular weight is 531 g/mol. The Kier molecular flexibility index (Phi) is 10.3. The SMILES string of the molecule is CCOP(=O)(CN(CC(C)C)C(=O)N1Cc2ccc(C)cc2C[C@@H]1C(=O)OCc1ccccc1)OCC. The van der Waals surface area contributed by atoms with Crippen molar-refractivity contribution in [1.29, 1.82) is 0 Å². The Morgan fingerprint density at radius 2 is 1.73 bits per heavy atom. The lowest BCUT2D eigenvalue weighted by Gasteiger charge is -2.39. The zero-order valence-corrected chi connectivity index (χ0v) is 23.4. The number of aryl methyl sites for hydroxylation is 1. The van der Waals surface area contributed by atoms with Gasteiger partial charge in [0.25, 0.3) is 0 Å². The van der Waals surface area contributed by atoms with Crippen LogP contribution in [-0.4, -0.2) is 53.9 Å². The van der Waals surface area contributed by atoms with Crippen LogP contribution in [0, 0.1) is 12.8 Å². The number of carbonyl (C=O) groups is 2. The summed E-state index contributed by atoms with van der Waals surface area (Å²) in [5.41, 5.74) is 3.96. The van der Waals surface area contributed by atoms with E-state index in [-0.39, 0.29) is 44.6 Å². The second-order valence-electron chi connectivity index (χ2n) is 9.70. The molecule has 1 aliphatic rings. The van der Waals surface area contributed by atoms with Gasteiger partial charge in [0, 0.05) is 19.5 Å². The maximum Gasteiger partial charge on any atom is 0.349 e. The Bertz CT molecular complexity index is 1100. The largest absolute Gasteiger partial charge is 0.459 e. The van der Waals surface area contributed by atoms with Crippen LogP contribution in [0.25, 0.3) is 0 Å². The molecule has 0 saturated heterocycles. The van der Waals surface area contributed by atoms with E-state index < -0.39 is 19.6 Å². The molecule has 3 rings (SSSR count). The van der Waals surface area contributed by atoms with Crippen LogP contribution in [0.3, 0.4) is 0 Å². The fourth-order valence-corrected chi connectivity index (χ4v) is 6.17. The van der Waals surface area contributed by atoms with Gasteiger partial charge in [-0.2, -0.15) is 0 Å². The zero-order chi connectivity index (χ0) is 27.0. The third-order valence-corrected chi connectivity index (χ3v) is 8.08. The summed E-state index contributed by atoms with van der Waals surface area (Å²) in [4.78, 5) is 30.4. The molecule has 1 aliphatic heterocycles. The number of urea groups is 1. The molecule has 2 amide bonds. The van der Waals surface area contributed by atoms with Crippen molar-refractivity contribution in [2.24, 2.45) is 5.92 Å². The van der Waals surface area contributed by atoms with Gasteiger partial charge in [-0.1, -0.05) is 67.9 Å². The Morgan fingerprint density at radius 1 is 1.05 bits per heavy atom. The summed E-state index contributed by atoms with van der Waals surface area (Å²) in [6, 6.07) is 14.3. The van der Waals surface area contributed by atoms with Crippen LogP contribution in [-0.2, 0) is 42.7 Å². The molecule has 0 N–H and O–H groups in total. The number of rotatable bonds is 11. The first-order chi connectivity index (χ1) is 17.7. The molecule has 0 fully saturated rings. The summed E-state index contributed by atoms with van der Waals surface area (Å²) in [5, 5.41) is 0. The summed E-state index contributed by atoms with van der Waals surface area (Å²) in [6.45, 7) is 10.6. The lowest BCUT2D eigenvalue weighted by atomic mass is 9.92. The summed E-state index contributed by atoms with van der Waals surface area (Å²) >= 11 is 0. The van der Waals surface area contributed by atoms with Gasteiger partial charge >= 0.3 is 19.6 Å². The van der Waals surface area contributed by atoms with E-state index in [0.29, 0.717) is 13.0 Å². The highest BCUT2D eigenvalue weighted by Crippen LogP contribution is 2.49. The van der Waals surface area contributed by atoms with Gasteiger partial charge in [0.2, 0.25) is 0 Å². The summed E-state index contributed by atoms with van der Waals surface area (Å²) < 4.78 is 30.0. The number of fused-ring (bicyclic) bond motifs is 1. The van der Waals surface area contributed by atoms with Crippen LogP contribution in [0.5, 0.6) is 0 Å². The summed E-state index contributed by atoms with van der Waals surface area (Å²) in [7, 11) is -3.54. The fourth-order valence-electron chi connectivity index (χ4n) is 4.49. The standard InChI is InChI=1S/C28H39N2O6P/c1-6-35-37(33,36-7-2)20-29(17-21(3)4)28(32)30-18-24-14-13-22(5)15-25(24)16-26(30)27(31)34-19-23-11-9-8-10-12-23/h8-15,21,26H,6-7,16-20H2,1-5H3/t26-/m1/s1. The molecule has 0 radical (unpaired) electrons. The van der Waals surface area contributed by atoms with Crippen molar-refractivity contribution in [3.8, 4) is 0 Å². The van der Waals surface area contributed by atoms with Gasteiger partial charge in [-0.25, -0.2) is 9.59 Å². The minimum absolute atomic E-state index is 0.101. The normalized spacial score (nSPS) is 15.4. The molecule has 1 heterocycles. The first kappa shape index (κ1) is 28.9. The van der Waals surface area contributed by atoms with Gasteiger partial charge in [0.05, 0.1) is 13.2 Å². The molecule has 1 atom stereocenters. The van der Waals surface area contributed by atoms with Crippen LogP contribution in [0.1, 0.15) is 49.9 Å². The van der Waals surface area contributed by atoms with Crippen molar-refractivity contribution in [3.05, 3.63) is 70.8 Å². The molecular formula is C28H39N2O6P. The predicted molar refractivity (Wildman–Crippen MR) is 143 cm³/mol. The number of nitrogens with zero attached hydrogens (tertiary/aromatic N) is 2. The van der Waals surface area contributed by atoms with Crippen LogP contribution in [0.2, 0.25) is 0 Å². The van der Waals surface area contributed by atoms with Gasteiger partial charge in [0.1, 0.15) is 18.9 Å². The van der Waals surface area contributed by atoms with Crippen molar-refractivity contribution in [2.75, 3.05) is 26.0 Å². The third kappa shape index (κ3) is 7.91. The molecule has 0 spiro atoms. The van der Waals surface area contributed by atoms with Crippen LogP contribution in [0.15, 0.2) is 48.5 Å². The van der Waals surface area contributed by atoms with Crippen molar-refractivity contribution in [2.45, 2.75) is 60.2 Å². The lowest BCUT2D eigenvalue weighted by molar-refractivity contribution is -0.151. The van der Waals surface area contributed by atoms with E-state index >= 15 is 0 Å². The summed E-state index contributed by atoms with van der Waals surface area (Å²) in [6.07, 6.45) is 0.162. The average Bonchev–Trinajstić information content (AvgIpc) is 2.86. The molecule has 0 aromatic heterocycles. The Hall–Kier alpha value is -2.67. The third-order valence-electron chi connectivity index (χ3n) is 6.09. The van der Waals surface area contributed by atoms with Crippen LogP contribution >= 0.6 is 7.60 Å².